The molecule has 3 aromatic carbocycles. The van der Waals surface area contributed by atoms with E-state index in [2.05, 4.69) is 4.99 Å². The maximum Gasteiger partial charge on any atom is 0.338 e. The molecule has 0 amide bonds. The lowest BCUT2D eigenvalue weighted by Gasteiger charge is -2.26. The van der Waals surface area contributed by atoms with Gasteiger partial charge in [-0.2, -0.15) is 0 Å². The molecule has 244 valence electrons. The number of hydrogen-bond donors (Lipinski definition) is 0. The van der Waals surface area contributed by atoms with E-state index >= 15 is 0 Å². The summed E-state index contributed by atoms with van der Waals surface area (Å²) in [5.74, 6) is 2.80. The van der Waals surface area contributed by atoms with E-state index in [0.29, 0.717) is 68.3 Å². The number of fused-ring (bicyclic) bond motifs is 2. The Labute approximate surface area is 274 Å². The minimum absolute atomic E-state index is 0.168. The molecule has 6 rings (SSSR count). The van der Waals surface area contributed by atoms with Crippen LogP contribution in [0.5, 0.6) is 34.5 Å². The number of para-hydroxylation sites is 1. The molecule has 12 heteroatoms. The molecular formula is C35H34N2O9S. The van der Waals surface area contributed by atoms with E-state index in [0.717, 1.165) is 11.1 Å². The van der Waals surface area contributed by atoms with E-state index in [9.17, 15) is 9.59 Å². The van der Waals surface area contributed by atoms with Gasteiger partial charge in [0.25, 0.3) is 5.56 Å². The lowest BCUT2D eigenvalue weighted by Crippen LogP contribution is -2.40. The third kappa shape index (κ3) is 6.16. The summed E-state index contributed by atoms with van der Waals surface area (Å²) in [6.45, 7) is 6.35. The van der Waals surface area contributed by atoms with Crippen molar-refractivity contribution in [3.05, 3.63) is 102 Å². The molecule has 2 aliphatic heterocycles. The van der Waals surface area contributed by atoms with Gasteiger partial charge in [0.1, 0.15) is 12.6 Å². The summed E-state index contributed by atoms with van der Waals surface area (Å²) in [5, 5.41) is 0. The fourth-order valence-corrected chi connectivity index (χ4v) is 6.58. The molecule has 4 aromatic rings. The van der Waals surface area contributed by atoms with E-state index < -0.39 is 12.0 Å². The van der Waals surface area contributed by atoms with Gasteiger partial charge in [-0.25, -0.2) is 9.79 Å². The number of aromatic nitrogens is 1. The zero-order valence-corrected chi connectivity index (χ0v) is 27.5. The van der Waals surface area contributed by atoms with Gasteiger partial charge in [-0.1, -0.05) is 35.6 Å². The number of allylic oxidation sites excluding steroid dienone is 1. The second-order valence-corrected chi connectivity index (χ2v) is 11.5. The largest absolute Gasteiger partial charge is 0.493 e. The highest BCUT2D eigenvalue weighted by atomic mass is 32.1. The minimum Gasteiger partial charge on any atom is -0.493 e. The smallest absolute Gasteiger partial charge is 0.338 e. The molecule has 47 heavy (non-hydrogen) atoms. The van der Waals surface area contributed by atoms with E-state index in [4.69, 9.17) is 33.2 Å². The number of ether oxygens (including phenoxy) is 7. The minimum atomic E-state index is -0.856. The van der Waals surface area contributed by atoms with Gasteiger partial charge in [-0.05, 0) is 68.3 Å². The van der Waals surface area contributed by atoms with Crippen LogP contribution in [0, 0.1) is 0 Å². The number of methoxy groups -OCH3 is 2. The van der Waals surface area contributed by atoms with Crippen molar-refractivity contribution < 1.29 is 38.0 Å². The van der Waals surface area contributed by atoms with Crippen molar-refractivity contribution in [3.63, 3.8) is 0 Å². The van der Waals surface area contributed by atoms with Crippen molar-refractivity contribution in [2.24, 2.45) is 4.99 Å². The van der Waals surface area contributed by atoms with Gasteiger partial charge in [0.2, 0.25) is 6.79 Å². The summed E-state index contributed by atoms with van der Waals surface area (Å²) in [4.78, 5) is 32.7. The van der Waals surface area contributed by atoms with Crippen LogP contribution < -0.4 is 43.3 Å². The van der Waals surface area contributed by atoms with Crippen molar-refractivity contribution in [1.29, 1.82) is 0 Å². The first-order chi connectivity index (χ1) is 22.9. The highest BCUT2D eigenvalue weighted by Crippen LogP contribution is 2.41. The van der Waals surface area contributed by atoms with Gasteiger partial charge in [0.15, 0.2) is 39.3 Å². The average Bonchev–Trinajstić information content (AvgIpc) is 3.67. The van der Waals surface area contributed by atoms with E-state index in [1.807, 2.05) is 37.3 Å². The van der Waals surface area contributed by atoms with Crippen molar-refractivity contribution in [1.82, 2.24) is 4.57 Å². The summed E-state index contributed by atoms with van der Waals surface area (Å²) in [5.41, 5.74) is 2.61. The third-order valence-corrected chi connectivity index (χ3v) is 8.63. The number of benzene rings is 3. The lowest BCUT2D eigenvalue weighted by molar-refractivity contribution is -0.139. The predicted molar refractivity (Wildman–Crippen MR) is 174 cm³/mol. The predicted octanol–water partition coefficient (Wildman–Crippen LogP) is 4.52. The summed E-state index contributed by atoms with van der Waals surface area (Å²) < 4.78 is 41.5. The quantitative estimate of drug-likeness (QED) is 0.215. The molecule has 0 unspecified atom stereocenters. The van der Waals surface area contributed by atoms with Gasteiger partial charge >= 0.3 is 5.97 Å². The third-order valence-electron chi connectivity index (χ3n) is 7.65. The molecule has 0 N–H and O–H groups in total. The monoisotopic (exact) mass is 658 g/mol. The van der Waals surface area contributed by atoms with Gasteiger partial charge in [0.05, 0.1) is 43.2 Å². The number of nitrogens with zero attached hydrogens (tertiary/aromatic N) is 2. The topological polar surface area (TPSA) is 116 Å². The first-order valence-corrected chi connectivity index (χ1v) is 15.9. The van der Waals surface area contributed by atoms with Crippen LogP contribution in [0.1, 0.15) is 43.5 Å². The van der Waals surface area contributed by atoms with Crippen molar-refractivity contribution in [3.8, 4) is 34.5 Å². The SMILES string of the molecule is CCOC(=O)C1=C(C)N=c2s/c(=C/c3ccc(OCc4ccc5c(c4)OCO5)c(OC)c3)c(=O)n2[C@@H]1c1cccc(OC)c1OCC. The van der Waals surface area contributed by atoms with Gasteiger partial charge in [-0.3, -0.25) is 9.36 Å². The molecule has 11 nitrogen and oxygen atoms in total. The maximum atomic E-state index is 14.2. The molecule has 0 fully saturated rings. The average molecular weight is 659 g/mol. The van der Waals surface area contributed by atoms with Crippen molar-refractivity contribution in [2.45, 2.75) is 33.4 Å². The Morgan fingerprint density at radius 1 is 0.979 bits per heavy atom. The van der Waals surface area contributed by atoms with Crippen LogP contribution in [0.4, 0.5) is 0 Å². The molecule has 0 spiro atoms. The molecule has 0 aliphatic carbocycles. The van der Waals surface area contributed by atoms with Crippen LogP contribution in [-0.2, 0) is 16.1 Å². The summed E-state index contributed by atoms with van der Waals surface area (Å²) >= 11 is 1.23. The summed E-state index contributed by atoms with van der Waals surface area (Å²) in [6, 6.07) is 15.6. The second-order valence-electron chi connectivity index (χ2n) is 10.5. The Morgan fingerprint density at radius 3 is 2.55 bits per heavy atom. The molecule has 0 saturated carbocycles. The normalized spacial score (nSPS) is 15.2. The first-order valence-electron chi connectivity index (χ1n) is 15.1. The number of rotatable bonds is 11. The molecule has 0 radical (unpaired) electrons. The molecular weight excluding hydrogens is 624 g/mol. The maximum absolute atomic E-state index is 14.2. The van der Waals surface area contributed by atoms with E-state index in [1.165, 1.54) is 15.9 Å². The number of esters is 1. The van der Waals surface area contributed by atoms with Crippen LogP contribution >= 0.6 is 11.3 Å². The Kier molecular flexibility index (Phi) is 9.21. The van der Waals surface area contributed by atoms with E-state index in [-0.39, 0.29) is 24.5 Å². The second kappa shape index (κ2) is 13.6. The van der Waals surface area contributed by atoms with Crippen LogP contribution in [0.25, 0.3) is 6.08 Å². The number of carbonyl (C=O) groups is 1. The Morgan fingerprint density at radius 2 is 1.79 bits per heavy atom. The molecule has 1 atom stereocenters. The molecule has 3 heterocycles. The Bertz CT molecular complexity index is 2050. The van der Waals surface area contributed by atoms with E-state index in [1.54, 1.807) is 58.4 Å². The number of hydrogen-bond acceptors (Lipinski definition) is 11. The Hall–Kier alpha value is -5.23. The van der Waals surface area contributed by atoms with Crippen molar-refractivity contribution in [2.75, 3.05) is 34.2 Å². The summed E-state index contributed by atoms with van der Waals surface area (Å²) in [6.07, 6.45) is 1.77. The highest BCUT2D eigenvalue weighted by Gasteiger charge is 2.36. The Balaban J connectivity index is 1.39. The molecule has 0 bridgehead atoms. The van der Waals surface area contributed by atoms with Gasteiger partial charge < -0.3 is 33.2 Å². The number of thiazole rings is 1. The van der Waals surface area contributed by atoms with Gasteiger partial charge in [-0.15, -0.1) is 0 Å². The fourth-order valence-electron chi connectivity index (χ4n) is 5.53. The zero-order valence-electron chi connectivity index (χ0n) is 26.7. The van der Waals surface area contributed by atoms with Crippen LogP contribution in [0.2, 0.25) is 0 Å². The lowest BCUT2D eigenvalue weighted by atomic mass is 9.94. The van der Waals surface area contributed by atoms with Crippen LogP contribution in [0.15, 0.2) is 75.7 Å². The highest BCUT2D eigenvalue weighted by molar-refractivity contribution is 7.07. The van der Waals surface area contributed by atoms with Crippen LogP contribution in [-0.4, -0.2) is 44.8 Å². The van der Waals surface area contributed by atoms with Crippen molar-refractivity contribution >= 4 is 23.4 Å². The molecule has 1 aromatic heterocycles. The summed E-state index contributed by atoms with van der Waals surface area (Å²) in [7, 11) is 3.10. The molecule has 0 saturated heterocycles. The number of carbonyl (C=O) groups excluding carboxylic acids is 1. The standard InChI is InChI=1S/C35H34N2O9S/c1-6-42-32-23(9-8-10-26(32)40-4)31-30(34(39)43-7-2)20(3)36-35-37(31)33(38)29(47-35)17-21-11-13-24(27(15-21)41-5)44-18-22-12-14-25-28(16-22)46-19-45-25/h8-17,31H,6-7,18-19H2,1-5H3/b29-17+/t31-/m1/s1. The van der Waals surface area contributed by atoms with Gasteiger partial charge in [0, 0.05) is 5.56 Å². The first kappa shape index (κ1) is 31.7. The zero-order chi connectivity index (χ0) is 33.1. The van der Waals surface area contributed by atoms with Crippen LogP contribution in [0.3, 0.4) is 0 Å². The molecule has 2 aliphatic rings. The fraction of sp³-hybridized carbons (Fsp3) is 0.286.